The van der Waals surface area contributed by atoms with Gasteiger partial charge < -0.3 is 19.7 Å². The first-order valence-corrected chi connectivity index (χ1v) is 6.20. The maximum atomic E-state index is 5.27. The van der Waals surface area contributed by atoms with Crippen molar-refractivity contribution < 1.29 is 9.47 Å². The van der Waals surface area contributed by atoms with Crippen molar-refractivity contribution in [2.75, 3.05) is 34.4 Å². The summed E-state index contributed by atoms with van der Waals surface area (Å²) in [6.45, 7) is 2.17. The van der Waals surface area contributed by atoms with Crippen LogP contribution in [0.25, 0.3) is 0 Å². The molecular weight excluding hydrogens is 248 g/mol. The van der Waals surface area contributed by atoms with Crippen molar-refractivity contribution in [3.63, 3.8) is 0 Å². The van der Waals surface area contributed by atoms with Gasteiger partial charge in [-0.1, -0.05) is 12.1 Å². The Bertz CT molecular complexity index is 368. The summed E-state index contributed by atoms with van der Waals surface area (Å²) in [6.07, 6.45) is 0. The van der Waals surface area contributed by atoms with Gasteiger partial charge in [-0.3, -0.25) is 0 Å². The molecule has 1 aromatic carbocycles. The number of nitrogens with one attached hydrogen (secondary N) is 1. The topological polar surface area (TPSA) is 33.7 Å². The van der Waals surface area contributed by atoms with Crippen LogP contribution in [0.5, 0.6) is 5.75 Å². The molecule has 0 fully saturated rings. The minimum Gasteiger partial charge on any atom is -0.497 e. The number of thiocarbonyl (C=S) groups is 1. The van der Waals surface area contributed by atoms with Crippen LogP contribution in [-0.4, -0.2) is 44.4 Å². The van der Waals surface area contributed by atoms with Gasteiger partial charge in [0.2, 0.25) is 0 Å². The summed E-state index contributed by atoms with van der Waals surface area (Å²) in [6, 6.07) is 7.98. The molecule has 0 aromatic heterocycles. The third-order valence-electron chi connectivity index (χ3n) is 2.60. The minimum absolute atomic E-state index is 0.651. The Morgan fingerprint density at radius 2 is 1.94 bits per heavy atom. The number of methoxy groups -OCH3 is 2. The third kappa shape index (κ3) is 4.50. The second kappa shape index (κ2) is 7.89. The van der Waals surface area contributed by atoms with E-state index in [9.17, 15) is 0 Å². The van der Waals surface area contributed by atoms with Crippen LogP contribution in [0.2, 0.25) is 0 Å². The molecule has 0 heterocycles. The average Bonchev–Trinajstić information content (AvgIpc) is 2.43. The summed E-state index contributed by atoms with van der Waals surface area (Å²) in [5.74, 6) is 0.860. The molecule has 0 unspecified atom stereocenters. The molecule has 18 heavy (non-hydrogen) atoms. The molecule has 4 nitrogen and oxygen atoms in total. The second-order valence-electron chi connectivity index (χ2n) is 3.82. The second-order valence-corrected chi connectivity index (χ2v) is 4.20. The monoisotopic (exact) mass is 268 g/mol. The van der Waals surface area contributed by atoms with E-state index >= 15 is 0 Å². The van der Waals surface area contributed by atoms with Crippen molar-refractivity contribution in [2.45, 2.75) is 6.54 Å². The fraction of sp³-hybridized carbons (Fsp3) is 0.462. The first-order valence-electron chi connectivity index (χ1n) is 5.79. The zero-order chi connectivity index (χ0) is 13.4. The summed E-state index contributed by atoms with van der Waals surface area (Å²) >= 11 is 5.27. The van der Waals surface area contributed by atoms with Gasteiger partial charge in [-0.15, -0.1) is 0 Å². The van der Waals surface area contributed by atoms with E-state index in [1.165, 1.54) is 5.56 Å². The van der Waals surface area contributed by atoms with Crippen molar-refractivity contribution in [3.8, 4) is 5.75 Å². The van der Waals surface area contributed by atoms with Crippen LogP contribution in [0, 0.1) is 0 Å². The Balaban J connectivity index is 2.65. The predicted molar refractivity (Wildman–Crippen MR) is 76.9 cm³/mol. The lowest BCUT2D eigenvalue weighted by Crippen LogP contribution is -2.39. The molecule has 0 amide bonds. The SMILES string of the molecule is CNC(=S)N(CCOC)Cc1ccc(OC)cc1. The number of hydrogen-bond acceptors (Lipinski definition) is 3. The predicted octanol–water partition coefficient (Wildman–Crippen LogP) is 1.65. The highest BCUT2D eigenvalue weighted by Gasteiger charge is 2.08. The number of nitrogens with zero attached hydrogens (tertiary/aromatic N) is 1. The standard InChI is InChI=1S/C13H20N2O2S/c1-14-13(18)15(8-9-16-2)10-11-4-6-12(17-3)7-5-11/h4-7H,8-10H2,1-3H3,(H,14,18). The van der Waals surface area contributed by atoms with Gasteiger partial charge in [-0.25, -0.2) is 0 Å². The third-order valence-corrected chi connectivity index (χ3v) is 3.06. The van der Waals surface area contributed by atoms with Crippen molar-refractivity contribution in [2.24, 2.45) is 0 Å². The molecule has 0 saturated heterocycles. The van der Waals surface area contributed by atoms with Crippen LogP contribution in [0.15, 0.2) is 24.3 Å². The number of rotatable bonds is 6. The van der Waals surface area contributed by atoms with E-state index in [0.717, 1.165) is 24.0 Å². The van der Waals surface area contributed by atoms with Crippen LogP contribution >= 0.6 is 12.2 Å². The Morgan fingerprint density at radius 3 is 2.44 bits per heavy atom. The van der Waals surface area contributed by atoms with Crippen molar-refractivity contribution in [1.29, 1.82) is 0 Å². The van der Waals surface area contributed by atoms with E-state index in [2.05, 4.69) is 10.2 Å². The normalized spacial score (nSPS) is 9.94. The molecule has 5 heteroatoms. The molecule has 0 aliphatic carbocycles. The molecule has 0 spiro atoms. The van der Waals surface area contributed by atoms with E-state index in [1.54, 1.807) is 14.2 Å². The Morgan fingerprint density at radius 1 is 1.28 bits per heavy atom. The highest BCUT2D eigenvalue weighted by atomic mass is 32.1. The molecule has 0 radical (unpaired) electrons. The van der Waals surface area contributed by atoms with Crippen molar-refractivity contribution in [1.82, 2.24) is 10.2 Å². The fourth-order valence-electron chi connectivity index (χ4n) is 1.56. The number of hydrogen-bond donors (Lipinski definition) is 1. The minimum atomic E-state index is 0.651. The van der Waals surface area contributed by atoms with Crippen LogP contribution in [0.4, 0.5) is 0 Å². The highest BCUT2D eigenvalue weighted by Crippen LogP contribution is 2.13. The molecule has 0 aliphatic heterocycles. The molecule has 0 aliphatic rings. The van der Waals surface area contributed by atoms with Crippen LogP contribution in [-0.2, 0) is 11.3 Å². The van der Waals surface area contributed by atoms with Crippen LogP contribution in [0.1, 0.15) is 5.56 Å². The maximum absolute atomic E-state index is 5.27. The Labute approximate surface area is 114 Å². The zero-order valence-electron chi connectivity index (χ0n) is 11.1. The number of benzene rings is 1. The van der Waals surface area contributed by atoms with E-state index in [0.29, 0.717) is 6.61 Å². The summed E-state index contributed by atoms with van der Waals surface area (Å²) in [4.78, 5) is 2.07. The molecule has 1 N–H and O–H groups in total. The van der Waals surface area contributed by atoms with Gasteiger partial charge >= 0.3 is 0 Å². The average molecular weight is 268 g/mol. The molecule has 0 bridgehead atoms. The van der Waals surface area contributed by atoms with E-state index in [1.807, 2.05) is 31.3 Å². The smallest absolute Gasteiger partial charge is 0.169 e. The lowest BCUT2D eigenvalue weighted by molar-refractivity contribution is 0.174. The van der Waals surface area contributed by atoms with E-state index in [-0.39, 0.29) is 0 Å². The van der Waals surface area contributed by atoms with Gasteiger partial charge in [0.05, 0.1) is 13.7 Å². The number of ether oxygens (including phenoxy) is 2. The van der Waals surface area contributed by atoms with Gasteiger partial charge in [0, 0.05) is 27.2 Å². The molecule has 1 aromatic rings. The molecule has 1 rings (SSSR count). The quantitative estimate of drug-likeness (QED) is 0.793. The summed E-state index contributed by atoms with van der Waals surface area (Å²) < 4.78 is 10.2. The molecule has 0 saturated carbocycles. The van der Waals surface area contributed by atoms with Gasteiger partial charge in [0.1, 0.15) is 5.75 Å². The lowest BCUT2D eigenvalue weighted by Gasteiger charge is -2.24. The maximum Gasteiger partial charge on any atom is 0.169 e. The zero-order valence-corrected chi connectivity index (χ0v) is 11.9. The van der Waals surface area contributed by atoms with Crippen molar-refractivity contribution >= 4 is 17.3 Å². The highest BCUT2D eigenvalue weighted by molar-refractivity contribution is 7.80. The van der Waals surface area contributed by atoms with Gasteiger partial charge in [-0.05, 0) is 29.9 Å². The first kappa shape index (κ1) is 14.7. The fourth-order valence-corrected chi connectivity index (χ4v) is 1.72. The van der Waals surface area contributed by atoms with Crippen molar-refractivity contribution in [3.05, 3.63) is 29.8 Å². The Kier molecular flexibility index (Phi) is 6.46. The lowest BCUT2D eigenvalue weighted by atomic mass is 10.2. The van der Waals surface area contributed by atoms with Gasteiger partial charge in [-0.2, -0.15) is 0 Å². The van der Waals surface area contributed by atoms with E-state index in [4.69, 9.17) is 21.7 Å². The largest absolute Gasteiger partial charge is 0.497 e. The van der Waals surface area contributed by atoms with Gasteiger partial charge in [0.25, 0.3) is 0 Å². The van der Waals surface area contributed by atoms with Gasteiger partial charge in [0.15, 0.2) is 5.11 Å². The summed E-state index contributed by atoms with van der Waals surface area (Å²) in [5, 5.41) is 3.72. The summed E-state index contributed by atoms with van der Waals surface area (Å²) in [7, 11) is 5.18. The first-order chi connectivity index (χ1) is 8.71. The van der Waals surface area contributed by atoms with Crippen LogP contribution in [0.3, 0.4) is 0 Å². The molecule has 0 atom stereocenters. The summed E-state index contributed by atoms with van der Waals surface area (Å²) in [5.41, 5.74) is 1.18. The van der Waals surface area contributed by atoms with Crippen LogP contribution < -0.4 is 10.1 Å². The van der Waals surface area contributed by atoms with E-state index < -0.39 is 0 Å². The molecular formula is C13H20N2O2S. The molecule has 100 valence electrons. The Hall–Kier alpha value is -1.33.